The smallest absolute Gasteiger partial charge is 0.338 e. The SMILES string of the molecule is Cc1ccc(O)c(NC2=C(Cl)C(=O)N(c3ccc(C(=O)OC(C)C)cc3)C2=O)c1. The molecule has 1 aliphatic rings. The Morgan fingerprint density at radius 2 is 1.76 bits per heavy atom. The molecule has 0 aromatic heterocycles. The molecule has 2 aromatic rings. The number of benzene rings is 2. The summed E-state index contributed by atoms with van der Waals surface area (Å²) in [4.78, 5) is 38.2. The van der Waals surface area contributed by atoms with Crippen molar-refractivity contribution in [2.24, 2.45) is 0 Å². The topological polar surface area (TPSA) is 95.9 Å². The van der Waals surface area contributed by atoms with Gasteiger partial charge in [-0.2, -0.15) is 0 Å². The molecule has 0 radical (unpaired) electrons. The van der Waals surface area contributed by atoms with Gasteiger partial charge < -0.3 is 15.2 Å². The molecule has 2 N–H and O–H groups in total. The highest BCUT2D eigenvalue weighted by Gasteiger charge is 2.39. The summed E-state index contributed by atoms with van der Waals surface area (Å²) in [7, 11) is 0. The molecule has 0 atom stereocenters. The van der Waals surface area contributed by atoms with Crippen molar-refractivity contribution in [2.75, 3.05) is 10.2 Å². The number of ether oxygens (including phenoxy) is 1. The van der Waals surface area contributed by atoms with E-state index in [-0.39, 0.29) is 34.0 Å². The minimum Gasteiger partial charge on any atom is -0.506 e. The molecule has 0 aliphatic carbocycles. The molecular weight excluding hydrogens is 396 g/mol. The third kappa shape index (κ3) is 4.09. The van der Waals surface area contributed by atoms with Crippen LogP contribution in [0, 0.1) is 6.92 Å². The van der Waals surface area contributed by atoms with E-state index >= 15 is 0 Å². The molecule has 0 unspecified atom stereocenters. The Morgan fingerprint density at radius 3 is 2.38 bits per heavy atom. The Kier molecular flexibility index (Phi) is 5.61. The lowest BCUT2D eigenvalue weighted by Gasteiger charge is -2.16. The van der Waals surface area contributed by atoms with E-state index in [9.17, 15) is 19.5 Å². The zero-order valence-corrected chi connectivity index (χ0v) is 16.8. The average Bonchev–Trinajstić information content (AvgIpc) is 2.87. The fourth-order valence-electron chi connectivity index (χ4n) is 2.76. The zero-order chi connectivity index (χ0) is 21.3. The number of aromatic hydroxyl groups is 1. The van der Waals surface area contributed by atoms with E-state index in [2.05, 4.69) is 5.32 Å². The highest BCUT2D eigenvalue weighted by atomic mass is 35.5. The van der Waals surface area contributed by atoms with Crippen LogP contribution in [0.2, 0.25) is 0 Å². The number of nitrogens with zero attached hydrogens (tertiary/aromatic N) is 1. The van der Waals surface area contributed by atoms with E-state index in [0.717, 1.165) is 10.5 Å². The van der Waals surface area contributed by atoms with Gasteiger partial charge in [0.15, 0.2) is 0 Å². The molecule has 0 fully saturated rings. The molecule has 8 heteroatoms. The molecule has 1 heterocycles. The number of amides is 2. The Labute approximate surface area is 172 Å². The van der Waals surface area contributed by atoms with Gasteiger partial charge in [-0.15, -0.1) is 0 Å². The number of phenolic OH excluding ortho intramolecular Hbond substituents is 1. The maximum atomic E-state index is 12.8. The van der Waals surface area contributed by atoms with Crippen LogP contribution in [0.15, 0.2) is 53.2 Å². The second-order valence-electron chi connectivity index (χ2n) is 6.78. The summed E-state index contributed by atoms with van der Waals surface area (Å²) in [5.41, 5.74) is 1.52. The Morgan fingerprint density at radius 1 is 1.10 bits per heavy atom. The first-order valence-corrected chi connectivity index (χ1v) is 9.23. The third-order valence-electron chi connectivity index (χ3n) is 4.14. The molecule has 150 valence electrons. The van der Waals surface area contributed by atoms with Crippen molar-refractivity contribution in [3.05, 3.63) is 64.3 Å². The fourth-order valence-corrected chi connectivity index (χ4v) is 2.97. The van der Waals surface area contributed by atoms with E-state index in [1.807, 2.05) is 6.92 Å². The normalized spacial score (nSPS) is 14.0. The first kappa shape index (κ1) is 20.4. The number of aryl methyl sites for hydroxylation is 1. The van der Waals surface area contributed by atoms with Gasteiger partial charge in [0.2, 0.25) is 0 Å². The van der Waals surface area contributed by atoms with Gasteiger partial charge in [0, 0.05) is 0 Å². The van der Waals surface area contributed by atoms with Crippen LogP contribution < -0.4 is 10.2 Å². The van der Waals surface area contributed by atoms with Gasteiger partial charge in [0.1, 0.15) is 16.5 Å². The standard InChI is InChI=1S/C21H19ClN2O5/c1-11(2)29-21(28)13-5-7-14(8-6-13)24-19(26)17(22)18(20(24)27)23-15-10-12(3)4-9-16(15)25/h4-11,23,25H,1-3H3. The van der Waals surface area contributed by atoms with E-state index < -0.39 is 17.8 Å². The number of anilines is 2. The van der Waals surface area contributed by atoms with Crippen LogP contribution in [-0.4, -0.2) is 29.0 Å². The van der Waals surface area contributed by atoms with Crippen LogP contribution in [0.3, 0.4) is 0 Å². The van der Waals surface area contributed by atoms with Crippen LogP contribution in [0.1, 0.15) is 29.8 Å². The second kappa shape index (κ2) is 7.97. The number of carbonyl (C=O) groups excluding carboxylic acids is 3. The number of carbonyl (C=O) groups is 3. The molecule has 29 heavy (non-hydrogen) atoms. The lowest BCUT2D eigenvalue weighted by Crippen LogP contribution is -2.32. The van der Waals surface area contributed by atoms with E-state index in [4.69, 9.17) is 16.3 Å². The quantitative estimate of drug-likeness (QED) is 0.440. The Bertz CT molecular complexity index is 1030. The monoisotopic (exact) mass is 414 g/mol. The molecule has 2 aromatic carbocycles. The number of halogens is 1. The van der Waals surface area contributed by atoms with Gasteiger partial charge in [-0.1, -0.05) is 17.7 Å². The number of hydrogen-bond donors (Lipinski definition) is 2. The number of phenols is 1. The minimum absolute atomic E-state index is 0.0840. The Hall–Kier alpha value is -3.32. The molecule has 0 bridgehead atoms. The number of nitrogens with one attached hydrogen (secondary N) is 1. The van der Waals surface area contributed by atoms with Crippen LogP contribution >= 0.6 is 11.6 Å². The first-order chi connectivity index (χ1) is 13.7. The average molecular weight is 415 g/mol. The minimum atomic E-state index is -0.705. The van der Waals surface area contributed by atoms with Crippen molar-refractivity contribution in [2.45, 2.75) is 26.9 Å². The van der Waals surface area contributed by atoms with Gasteiger partial charge in [-0.3, -0.25) is 9.59 Å². The van der Waals surface area contributed by atoms with Crippen molar-refractivity contribution < 1.29 is 24.2 Å². The maximum absolute atomic E-state index is 12.8. The molecule has 1 aliphatic heterocycles. The number of hydrogen-bond acceptors (Lipinski definition) is 6. The molecular formula is C21H19ClN2O5. The summed E-state index contributed by atoms with van der Waals surface area (Å²) in [5.74, 6) is -1.96. The van der Waals surface area contributed by atoms with Crippen LogP contribution in [-0.2, 0) is 14.3 Å². The van der Waals surface area contributed by atoms with Crippen molar-refractivity contribution in [3.63, 3.8) is 0 Å². The second-order valence-corrected chi connectivity index (χ2v) is 7.16. The molecule has 0 saturated carbocycles. The lowest BCUT2D eigenvalue weighted by atomic mass is 10.2. The predicted molar refractivity (Wildman–Crippen MR) is 109 cm³/mol. The first-order valence-electron chi connectivity index (χ1n) is 8.85. The number of imide groups is 1. The summed E-state index contributed by atoms with van der Waals surface area (Å²) >= 11 is 6.10. The maximum Gasteiger partial charge on any atom is 0.338 e. The molecule has 0 spiro atoms. The zero-order valence-electron chi connectivity index (χ0n) is 16.0. The van der Waals surface area contributed by atoms with E-state index in [0.29, 0.717) is 5.56 Å². The van der Waals surface area contributed by atoms with Crippen LogP contribution in [0.4, 0.5) is 11.4 Å². The lowest BCUT2D eigenvalue weighted by molar-refractivity contribution is -0.120. The fraction of sp³-hybridized carbons (Fsp3) is 0.190. The molecule has 2 amide bonds. The van der Waals surface area contributed by atoms with Gasteiger partial charge in [0.05, 0.1) is 23.0 Å². The third-order valence-corrected chi connectivity index (χ3v) is 4.49. The number of rotatable bonds is 5. The van der Waals surface area contributed by atoms with Gasteiger partial charge in [-0.25, -0.2) is 9.69 Å². The molecule has 7 nitrogen and oxygen atoms in total. The summed E-state index contributed by atoms with van der Waals surface area (Å²) < 4.78 is 5.12. The molecule has 0 saturated heterocycles. The van der Waals surface area contributed by atoms with Crippen LogP contribution in [0.5, 0.6) is 5.75 Å². The van der Waals surface area contributed by atoms with E-state index in [1.54, 1.807) is 26.0 Å². The van der Waals surface area contributed by atoms with Crippen LogP contribution in [0.25, 0.3) is 0 Å². The van der Waals surface area contributed by atoms with Gasteiger partial charge >= 0.3 is 5.97 Å². The summed E-state index contributed by atoms with van der Waals surface area (Å²) in [5, 5.41) is 12.4. The predicted octanol–water partition coefficient (Wildman–Crippen LogP) is 3.70. The van der Waals surface area contributed by atoms with Crippen molar-refractivity contribution >= 4 is 40.8 Å². The highest BCUT2D eigenvalue weighted by molar-refractivity contribution is 6.53. The highest BCUT2D eigenvalue weighted by Crippen LogP contribution is 2.33. The van der Waals surface area contributed by atoms with Crippen molar-refractivity contribution in [3.8, 4) is 5.75 Å². The summed E-state index contributed by atoms with van der Waals surface area (Å²) in [6.45, 7) is 5.30. The van der Waals surface area contributed by atoms with Crippen molar-refractivity contribution in [1.29, 1.82) is 0 Å². The van der Waals surface area contributed by atoms with E-state index in [1.165, 1.54) is 30.3 Å². The number of esters is 1. The van der Waals surface area contributed by atoms with Gasteiger partial charge in [0.25, 0.3) is 11.8 Å². The van der Waals surface area contributed by atoms with Crippen molar-refractivity contribution in [1.82, 2.24) is 0 Å². The summed E-state index contributed by atoms with van der Waals surface area (Å²) in [6.07, 6.45) is -0.265. The largest absolute Gasteiger partial charge is 0.506 e. The summed E-state index contributed by atoms with van der Waals surface area (Å²) in [6, 6.07) is 10.7. The molecule has 3 rings (SSSR count). The van der Waals surface area contributed by atoms with Gasteiger partial charge in [-0.05, 0) is 62.7 Å². The Balaban J connectivity index is 1.84.